The number of furan rings is 1. The summed E-state index contributed by atoms with van der Waals surface area (Å²) in [5, 5.41) is 12.6. The van der Waals surface area contributed by atoms with Crippen LogP contribution in [0.15, 0.2) is 168 Å². The maximum Gasteiger partial charge on any atom is 0.136 e. The van der Waals surface area contributed by atoms with Gasteiger partial charge in [-0.15, -0.1) is 0 Å². The summed E-state index contributed by atoms with van der Waals surface area (Å²) in [5.74, 6) is 0. The van der Waals surface area contributed by atoms with Crippen molar-refractivity contribution in [2.24, 2.45) is 0 Å². The fourth-order valence-electron chi connectivity index (χ4n) is 8.68. The highest BCUT2D eigenvalue weighted by molar-refractivity contribution is 6.26. The van der Waals surface area contributed by atoms with Crippen LogP contribution in [0.3, 0.4) is 0 Å². The van der Waals surface area contributed by atoms with Gasteiger partial charge in [0.2, 0.25) is 0 Å². The summed E-state index contributed by atoms with van der Waals surface area (Å²) >= 11 is 0. The zero-order valence-electron chi connectivity index (χ0n) is 28.6. The molecular weight excluding hydrogens is 617 g/mol. The van der Waals surface area contributed by atoms with Gasteiger partial charge in [0.05, 0.1) is 0 Å². The van der Waals surface area contributed by atoms with Crippen LogP contribution in [-0.2, 0) is 6.42 Å². The Morgan fingerprint density at radius 1 is 0.392 bits per heavy atom. The van der Waals surface area contributed by atoms with Gasteiger partial charge in [-0.25, -0.2) is 0 Å². The van der Waals surface area contributed by atoms with Gasteiger partial charge < -0.3 is 4.42 Å². The maximum absolute atomic E-state index is 6.66. The minimum atomic E-state index is 0.906. The van der Waals surface area contributed by atoms with E-state index in [-0.39, 0.29) is 0 Å². The van der Waals surface area contributed by atoms with Gasteiger partial charge in [0.15, 0.2) is 0 Å². The van der Waals surface area contributed by atoms with Crippen LogP contribution in [0.5, 0.6) is 0 Å². The first-order valence-corrected chi connectivity index (χ1v) is 18.2. The van der Waals surface area contributed by atoms with E-state index >= 15 is 0 Å². The molecule has 0 aliphatic heterocycles. The first-order valence-electron chi connectivity index (χ1n) is 18.2. The molecule has 0 saturated carbocycles. The highest BCUT2D eigenvalue weighted by Crippen LogP contribution is 2.48. The van der Waals surface area contributed by atoms with E-state index in [1.165, 1.54) is 94.9 Å². The second-order valence-electron chi connectivity index (χ2n) is 13.7. The van der Waals surface area contributed by atoms with E-state index < -0.39 is 0 Å². The maximum atomic E-state index is 6.66. The molecule has 0 radical (unpaired) electrons. The van der Waals surface area contributed by atoms with Gasteiger partial charge in [-0.3, -0.25) is 0 Å². The Morgan fingerprint density at radius 2 is 0.902 bits per heavy atom. The Labute approximate surface area is 297 Å². The summed E-state index contributed by atoms with van der Waals surface area (Å²) in [4.78, 5) is 0. The topological polar surface area (TPSA) is 13.1 Å². The predicted octanol–water partition coefficient (Wildman–Crippen LogP) is 14.5. The standard InChI is InChI=1S/C50H36O/c1-2-3-18-34-35-19-7-9-21-37(35)48(38-22-10-8-20-36(34)38)33-29-30-45-44(31-33)50-43(27-15-28-46(50)51-45)49-41-25-13-11-23-39(41)47(32-16-5-4-6-17-32)40-24-12-14-26-42(40)49/h4-17,19-31H,2-3,18H2,1H3. The summed E-state index contributed by atoms with van der Waals surface area (Å²) in [6.45, 7) is 2.28. The summed E-state index contributed by atoms with van der Waals surface area (Å²) in [6.07, 6.45) is 3.44. The fourth-order valence-corrected chi connectivity index (χ4v) is 8.68. The Balaban J connectivity index is 1.29. The Hall–Kier alpha value is -6.18. The smallest absolute Gasteiger partial charge is 0.136 e. The van der Waals surface area contributed by atoms with E-state index in [0.29, 0.717) is 0 Å². The summed E-state index contributed by atoms with van der Waals surface area (Å²) < 4.78 is 6.66. The molecule has 0 aliphatic rings. The third-order valence-electron chi connectivity index (χ3n) is 10.9. The average molecular weight is 653 g/mol. The summed E-state index contributed by atoms with van der Waals surface area (Å²) in [7, 11) is 0. The molecule has 9 aromatic carbocycles. The first-order chi connectivity index (χ1) is 25.3. The van der Waals surface area contributed by atoms with Crippen molar-refractivity contribution < 1.29 is 4.42 Å². The van der Waals surface area contributed by atoms with Crippen molar-refractivity contribution in [2.75, 3.05) is 0 Å². The SMILES string of the molecule is CCCCc1c2ccccc2c(-c2ccc3oc4cccc(-c5c6ccccc6c(-c6ccccc6)c6ccccc56)c4c3c2)c2ccccc12. The molecule has 0 N–H and O–H groups in total. The van der Waals surface area contributed by atoms with Crippen LogP contribution in [0.1, 0.15) is 25.3 Å². The molecule has 0 amide bonds. The molecule has 51 heavy (non-hydrogen) atoms. The largest absolute Gasteiger partial charge is 0.456 e. The molecule has 1 heterocycles. The minimum Gasteiger partial charge on any atom is -0.456 e. The Kier molecular flexibility index (Phi) is 6.99. The molecule has 0 aliphatic carbocycles. The van der Waals surface area contributed by atoms with Crippen molar-refractivity contribution in [1.29, 1.82) is 0 Å². The van der Waals surface area contributed by atoms with Crippen molar-refractivity contribution in [3.05, 3.63) is 169 Å². The molecule has 0 fully saturated rings. The van der Waals surface area contributed by atoms with Crippen molar-refractivity contribution in [3.63, 3.8) is 0 Å². The lowest BCUT2D eigenvalue weighted by Gasteiger charge is -2.18. The third-order valence-corrected chi connectivity index (χ3v) is 10.9. The molecule has 10 aromatic rings. The van der Waals surface area contributed by atoms with E-state index in [4.69, 9.17) is 4.42 Å². The van der Waals surface area contributed by atoms with Gasteiger partial charge in [-0.2, -0.15) is 0 Å². The average Bonchev–Trinajstić information content (AvgIpc) is 3.57. The number of benzene rings is 9. The van der Waals surface area contributed by atoms with Gasteiger partial charge in [0.1, 0.15) is 11.2 Å². The fraction of sp³-hybridized carbons (Fsp3) is 0.0800. The van der Waals surface area contributed by atoms with Crippen LogP contribution in [0.2, 0.25) is 0 Å². The Morgan fingerprint density at radius 3 is 1.49 bits per heavy atom. The third kappa shape index (κ3) is 4.62. The highest BCUT2D eigenvalue weighted by Gasteiger charge is 2.21. The number of fused-ring (bicyclic) bond motifs is 7. The normalized spacial score (nSPS) is 11.9. The van der Waals surface area contributed by atoms with E-state index in [0.717, 1.165) is 28.4 Å². The quantitative estimate of drug-likeness (QED) is 0.163. The van der Waals surface area contributed by atoms with Gasteiger partial charge in [0, 0.05) is 10.8 Å². The zero-order chi connectivity index (χ0) is 33.9. The second kappa shape index (κ2) is 12.0. The number of aryl methyl sites for hydroxylation is 1. The van der Waals surface area contributed by atoms with Crippen molar-refractivity contribution in [2.45, 2.75) is 26.2 Å². The van der Waals surface area contributed by atoms with Crippen LogP contribution in [0.25, 0.3) is 98.4 Å². The van der Waals surface area contributed by atoms with Crippen LogP contribution in [0.4, 0.5) is 0 Å². The minimum absolute atomic E-state index is 0.906. The zero-order valence-corrected chi connectivity index (χ0v) is 28.6. The van der Waals surface area contributed by atoms with E-state index in [9.17, 15) is 0 Å². The number of rotatable bonds is 6. The van der Waals surface area contributed by atoms with Crippen molar-refractivity contribution >= 4 is 65.0 Å². The molecule has 10 rings (SSSR count). The van der Waals surface area contributed by atoms with Gasteiger partial charge >= 0.3 is 0 Å². The molecule has 0 bridgehead atoms. The molecule has 0 saturated heterocycles. The molecule has 242 valence electrons. The summed E-state index contributed by atoms with van der Waals surface area (Å²) in [6, 6.07) is 59.9. The molecule has 1 nitrogen and oxygen atoms in total. The van der Waals surface area contributed by atoms with Crippen LogP contribution in [-0.4, -0.2) is 0 Å². The predicted molar refractivity (Wildman–Crippen MR) is 219 cm³/mol. The number of hydrogen-bond acceptors (Lipinski definition) is 1. The molecule has 1 heteroatoms. The van der Waals surface area contributed by atoms with E-state index in [1.807, 2.05) is 0 Å². The second-order valence-corrected chi connectivity index (χ2v) is 13.7. The first kappa shape index (κ1) is 29.7. The highest BCUT2D eigenvalue weighted by atomic mass is 16.3. The van der Waals surface area contributed by atoms with Crippen molar-refractivity contribution in [1.82, 2.24) is 0 Å². The van der Waals surface area contributed by atoms with E-state index in [2.05, 4.69) is 171 Å². The lowest BCUT2D eigenvalue weighted by molar-refractivity contribution is 0.669. The van der Waals surface area contributed by atoms with Gasteiger partial charge in [-0.05, 0) is 113 Å². The summed E-state index contributed by atoms with van der Waals surface area (Å²) in [5.41, 5.74) is 10.7. The monoisotopic (exact) mass is 652 g/mol. The number of hydrogen-bond donors (Lipinski definition) is 0. The molecule has 0 atom stereocenters. The van der Waals surface area contributed by atoms with Crippen LogP contribution in [0, 0.1) is 0 Å². The molecule has 1 aromatic heterocycles. The molecular formula is C50H36O. The van der Waals surface area contributed by atoms with Crippen LogP contribution < -0.4 is 0 Å². The Bertz CT molecular complexity index is 2830. The molecule has 0 spiro atoms. The van der Waals surface area contributed by atoms with Gasteiger partial charge in [-0.1, -0.05) is 159 Å². The van der Waals surface area contributed by atoms with E-state index in [1.54, 1.807) is 0 Å². The number of unbranched alkanes of at least 4 members (excludes halogenated alkanes) is 1. The lowest BCUT2D eigenvalue weighted by Crippen LogP contribution is -1.94. The lowest BCUT2D eigenvalue weighted by atomic mass is 9.84. The molecule has 0 unspecified atom stereocenters. The van der Waals surface area contributed by atoms with Crippen molar-refractivity contribution in [3.8, 4) is 33.4 Å². The van der Waals surface area contributed by atoms with Gasteiger partial charge in [0.25, 0.3) is 0 Å². The van der Waals surface area contributed by atoms with Crippen LogP contribution >= 0.6 is 0 Å².